The van der Waals surface area contributed by atoms with Crippen molar-refractivity contribution in [1.29, 1.82) is 0 Å². The topological polar surface area (TPSA) is 50.4 Å². The van der Waals surface area contributed by atoms with Gasteiger partial charge in [0, 0.05) is 19.0 Å². The number of rotatable bonds is 6. The summed E-state index contributed by atoms with van der Waals surface area (Å²) in [4.78, 5) is 11.5. The molecule has 0 heterocycles. The van der Waals surface area contributed by atoms with Crippen molar-refractivity contribution in [3.63, 3.8) is 0 Å². The van der Waals surface area contributed by atoms with Crippen LogP contribution in [-0.2, 0) is 4.79 Å². The molecule has 0 unspecified atom stereocenters. The number of nitrogens with one attached hydrogen (secondary N) is 2. The Kier molecular flexibility index (Phi) is 5.75. The molecule has 0 aliphatic carbocycles. The second-order valence-corrected chi connectivity index (χ2v) is 3.95. The smallest absolute Gasteiger partial charge is 0.422 e. The quantitative estimate of drug-likeness (QED) is 0.792. The summed E-state index contributed by atoms with van der Waals surface area (Å²) in [6.45, 7) is -1.15. The van der Waals surface area contributed by atoms with Gasteiger partial charge in [0.2, 0.25) is 5.91 Å². The lowest BCUT2D eigenvalue weighted by molar-refractivity contribution is -0.153. The number of anilines is 1. The van der Waals surface area contributed by atoms with E-state index in [-0.39, 0.29) is 17.9 Å². The van der Waals surface area contributed by atoms with E-state index >= 15 is 0 Å². The Morgan fingerprint density at radius 2 is 2.05 bits per heavy atom. The minimum atomic E-state index is -4.54. The largest absolute Gasteiger partial charge is 0.482 e. The van der Waals surface area contributed by atoms with Crippen molar-refractivity contribution in [2.75, 3.05) is 25.5 Å². The van der Waals surface area contributed by atoms with Crippen molar-refractivity contribution >= 4 is 11.6 Å². The van der Waals surface area contributed by atoms with E-state index in [4.69, 9.17) is 0 Å². The Hall–Kier alpha value is -1.83. The second kappa shape index (κ2) is 7.09. The molecule has 0 bridgehead atoms. The molecule has 8 heteroatoms. The van der Waals surface area contributed by atoms with Crippen LogP contribution < -0.4 is 15.4 Å². The molecule has 0 aromatic heterocycles. The van der Waals surface area contributed by atoms with Crippen molar-refractivity contribution in [3.05, 3.63) is 24.0 Å². The van der Waals surface area contributed by atoms with Crippen molar-refractivity contribution in [3.8, 4) is 5.75 Å². The zero-order valence-electron chi connectivity index (χ0n) is 10.7. The van der Waals surface area contributed by atoms with Gasteiger partial charge in [-0.25, -0.2) is 4.39 Å². The Bertz CT molecular complexity index is 463. The van der Waals surface area contributed by atoms with E-state index in [1.54, 1.807) is 7.05 Å². The number of carbonyl (C=O) groups is 1. The first-order valence-corrected chi connectivity index (χ1v) is 5.75. The molecule has 112 valence electrons. The molecule has 1 amide bonds. The number of amides is 1. The average molecular weight is 294 g/mol. The maximum atomic E-state index is 13.0. The first kappa shape index (κ1) is 16.2. The van der Waals surface area contributed by atoms with Gasteiger partial charge in [0.05, 0.1) is 5.69 Å². The molecule has 0 saturated heterocycles. The van der Waals surface area contributed by atoms with Crippen LogP contribution in [-0.4, -0.2) is 32.3 Å². The molecule has 0 atom stereocenters. The van der Waals surface area contributed by atoms with Crippen molar-refractivity contribution in [2.45, 2.75) is 12.6 Å². The van der Waals surface area contributed by atoms with Crippen LogP contribution in [0.25, 0.3) is 0 Å². The Morgan fingerprint density at radius 3 is 2.65 bits per heavy atom. The maximum Gasteiger partial charge on any atom is 0.422 e. The standard InChI is InChI=1S/C12H14F4N2O2/c1-17-5-4-11(19)18-9-3-2-8(13)6-10(9)20-7-12(14,15)16/h2-3,6,17H,4-5,7H2,1H3,(H,18,19). The predicted octanol–water partition coefficient (Wildman–Crippen LogP) is 2.31. The van der Waals surface area contributed by atoms with Gasteiger partial charge in [-0.1, -0.05) is 0 Å². The number of carbonyl (C=O) groups excluding carboxylic acids is 1. The lowest BCUT2D eigenvalue weighted by atomic mass is 10.2. The van der Waals surface area contributed by atoms with Gasteiger partial charge in [-0.05, 0) is 19.2 Å². The van der Waals surface area contributed by atoms with Crippen LogP contribution in [0, 0.1) is 5.82 Å². The van der Waals surface area contributed by atoms with Gasteiger partial charge < -0.3 is 15.4 Å². The number of alkyl halides is 3. The minimum Gasteiger partial charge on any atom is -0.482 e. The zero-order valence-corrected chi connectivity index (χ0v) is 10.7. The molecule has 0 spiro atoms. The summed E-state index contributed by atoms with van der Waals surface area (Å²) in [7, 11) is 1.66. The molecular weight excluding hydrogens is 280 g/mol. The molecule has 0 aliphatic heterocycles. The fourth-order valence-electron chi connectivity index (χ4n) is 1.33. The summed E-state index contributed by atoms with van der Waals surface area (Å²) in [5, 5.41) is 5.12. The molecule has 1 rings (SSSR count). The summed E-state index contributed by atoms with van der Waals surface area (Å²) in [5.41, 5.74) is -0.00301. The SMILES string of the molecule is CNCCC(=O)Nc1ccc(F)cc1OCC(F)(F)F. The number of hydrogen-bond donors (Lipinski definition) is 2. The monoisotopic (exact) mass is 294 g/mol. The molecule has 1 aromatic carbocycles. The molecule has 0 saturated carbocycles. The number of ether oxygens (including phenoxy) is 1. The molecular formula is C12H14F4N2O2. The van der Waals surface area contributed by atoms with Crippen LogP contribution >= 0.6 is 0 Å². The van der Waals surface area contributed by atoms with Crippen molar-refractivity contribution < 1.29 is 27.1 Å². The highest BCUT2D eigenvalue weighted by atomic mass is 19.4. The van der Waals surface area contributed by atoms with Gasteiger partial charge in [-0.2, -0.15) is 13.2 Å². The van der Waals surface area contributed by atoms with E-state index in [0.717, 1.165) is 18.2 Å². The van der Waals surface area contributed by atoms with E-state index < -0.39 is 24.5 Å². The Morgan fingerprint density at radius 1 is 1.35 bits per heavy atom. The minimum absolute atomic E-state index is 0.00301. The molecule has 0 fully saturated rings. The summed E-state index contributed by atoms with van der Waals surface area (Å²) < 4.78 is 53.8. The molecule has 4 nitrogen and oxygen atoms in total. The highest BCUT2D eigenvalue weighted by Crippen LogP contribution is 2.27. The van der Waals surface area contributed by atoms with Crippen LogP contribution in [0.1, 0.15) is 6.42 Å². The number of benzene rings is 1. The Balaban J connectivity index is 2.76. The average Bonchev–Trinajstić information content (AvgIpc) is 2.35. The number of halogens is 4. The first-order chi connectivity index (χ1) is 9.31. The fourth-order valence-corrected chi connectivity index (χ4v) is 1.33. The molecule has 2 N–H and O–H groups in total. The van der Waals surface area contributed by atoms with Crippen LogP contribution in [0.15, 0.2) is 18.2 Å². The summed E-state index contributed by atoms with van der Waals surface area (Å²) >= 11 is 0. The predicted molar refractivity (Wildman–Crippen MR) is 65.1 cm³/mol. The van der Waals surface area contributed by atoms with E-state index in [2.05, 4.69) is 15.4 Å². The van der Waals surface area contributed by atoms with Gasteiger partial charge >= 0.3 is 6.18 Å². The third kappa shape index (κ3) is 5.87. The fraction of sp³-hybridized carbons (Fsp3) is 0.417. The van der Waals surface area contributed by atoms with E-state index in [1.165, 1.54) is 0 Å². The van der Waals surface area contributed by atoms with Crippen LogP contribution in [0.4, 0.5) is 23.2 Å². The first-order valence-electron chi connectivity index (χ1n) is 5.75. The maximum absolute atomic E-state index is 13.0. The lowest BCUT2D eigenvalue weighted by Gasteiger charge is -2.14. The lowest BCUT2D eigenvalue weighted by Crippen LogP contribution is -2.21. The molecule has 0 aliphatic rings. The summed E-state index contributed by atoms with van der Waals surface area (Å²) in [6.07, 6.45) is -4.41. The second-order valence-electron chi connectivity index (χ2n) is 3.95. The van der Waals surface area contributed by atoms with Gasteiger partial charge in [0.15, 0.2) is 6.61 Å². The highest BCUT2D eigenvalue weighted by molar-refractivity contribution is 5.92. The van der Waals surface area contributed by atoms with Crippen LogP contribution in [0.3, 0.4) is 0 Å². The normalized spacial score (nSPS) is 11.2. The summed E-state index contributed by atoms with van der Waals surface area (Å²) in [5.74, 6) is -1.53. The Labute approximate surface area is 113 Å². The zero-order chi connectivity index (χ0) is 15.2. The van der Waals surface area contributed by atoms with E-state index in [1.807, 2.05) is 0 Å². The van der Waals surface area contributed by atoms with Gasteiger partial charge in [-0.15, -0.1) is 0 Å². The van der Waals surface area contributed by atoms with Crippen molar-refractivity contribution in [2.24, 2.45) is 0 Å². The molecule has 1 aromatic rings. The summed E-state index contributed by atoms with van der Waals surface area (Å²) in [6, 6.07) is 2.96. The third-order valence-electron chi connectivity index (χ3n) is 2.21. The van der Waals surface area contributed by atoms with E-state index in [0.29, 0.717) is 6.54 Å². The van der Waals surface area contributed by atoms with Gasteiger partial charge in [0.25, 0.3) is 0 Å². The van der Waals surface area contributed by atoms with E-state index in [9.17, 15) is 22.4 Å². The van der Waals surface area contributed by atoms with Crippen LogP contribution in [0.2, 0.25) is 0 Å². The third-order valence-corrected chi connectivity index (χ3v) is 2.21. The van der Waals surface area contributed by atoms with Gasteiger partial charge in [0.1, 0.15) is 11.6 Å². The molecule has 0 radical (unpaired) electrons. The number of hydrogen-bond acceptors (Lipinski definition) is 3. The van der Waals surface area contributed by atoms with Crippen molar-refractivity contribution in [1.82, 2.24) is 5.32 Å². The highest BCUT2D eigenvalue weighted by Gasteiger charge is 2.29. The van der Waals surface area contributed by atoms with Gasteiger partial charge in [-0.3, -0.25) is 4.79 Å². The van der Waals surface area contributed by atoms with Crippen LogP contribution in [0.5, 0.6) is 5.75 Å². The molecule has 20 heavy (non-hydrogen) atoms.